The lowest BCUT2D eigenvalue weighted by Gasteiger charge is -2.16. The first-order valence-electron chi connectivity index (χ1n) is 4.22. The number of aromatic nitrogens is 2. The molecule has 5 heteroatoms. The second-order valence-electron chi connectivity index (χ2n) is 3.14. The summed E-state index contributed by atoms with van der Waals surface area (Å²) in [7, 11) is 5.65. The van der Waals surface area contributed by atoms with Crippen LogP contribution in [0.3, 0.4) is 0 Å². The summed E-state index contributed by atoms with van der Waals surface area (Å²) in [5, 5.41) is 8.53. The molecule has 0 amide bonds. The third kappa shape index (κ3) is 2.33. The van der Waals surface area contributed by atoms with Gasteiger partial charge in [0, 0.05) is 27.2 Å². The molecular weight excluding hydrogens is 178 g/mol. The maximum absolute atomic E-state index is 8.53. The van der Waals surface area contributed by atoms with Crippen LogP contribution in [0.4, 0.5) is 11.6 Å². The lowest BCUT2D eigenvalue weighted by atomic mass is 10.4. The number of hydrogen-bond acceptors (Lipinski definition) is 5. The van der Waals surface area contributed by atoms with E-state index in [9.17, 15) is 0 Å². The Hall–Kier alpha value is -1.83. The average Bonchev–Trinajstić information content (AvgIpc) is 2.18. The first kappa shape index (κ1) is 10.3. The smallest absolute Gasteiger partial charge is 0.134 e. The van der Waals surface area contributed by atoms with Crippen molar-refractivity contribution in [3.8, 4) is 6.07 Å². The van der Waals surface area contributed by atoms with Gasteiger partial charge in [0.05, 0.1) is 6.07 Å². The van der Waals surface area contributed by atoms with Gasteiger partial charge in [-0.1, -0.05) is 0 Å². The van der Waals surface area contributed by atoms with E-state index in [2.05, 4.69) is 16.0 Å². The van der Waals surface area contributed by atoms with Crippen molar-refractivity contribution in [2.24, 2.45) is 0 Å². The van der Waals surface area contributed by atoms with Crippen LogP contribution in [-0.2, 0) is 0 Å². The van der Waals surface area contributed by atoms with E-state index in [4.69, 9.17) is 5.26 Å². The van der Waals surface area contributed by atoms with E-state index >= 15 is 0 Å². The topological polar surface area (TPSA) is 56.0 Å². The molecule has 0 unspecified atom stereocenters. The molecule has 1 aromatic rings. The Balaban J connectivity index is 2.89. The normalized spacial score (nSPS) is 9.29. The molecule has 0 aliphatic rings. The van der Waals surface area contributed by atoms with Gasteiger partial charge in [-0.25, -0.2) is 9.97 Å². The standard InChI is InChI=1S/C9H13N5/c1-13(2)8-6-9(12-7-11-8)14(3)5-4-10/h6-7H,5H2,1-3H3. The van der Waals surface area contributed by atoms with Crippen LogP contribution in [-0.4, -0.2) is 37.7 Å². The highest BCUT2D eigenvalue weighted by Gasteiger charge is 2.04. The fourth-order valence-electron chi connectivity index (χ4n) is 0.978. The zero-order valence-electron chi connectivity index (χ0n) is 8.60. The molecule has 74 valence electrons. The van der Waals surface area contributed by atoms with E-state index in [0.717, 1.165) is 11.6 Å². The van der Waals surface area contributed by atoms with Crippen molar-refractivity contribution >= 4 is 11.6 Å². The van der Waals surface area contributed by atoms with E-state index in [-0.39, 0.29) is 0 Å². The molecule has 0 saturated carbocycles. The van der Waals surface area contributed by atoms with Crippen molar-refractivity contribution in [1.29, 1.82) is 5.26 Å². The van der Waals surface area contributed by atoms with Crippen LogP contribution in [0.1, 0.15) is 0 Å². The van der Waals surface area contributed by atoms with Gasteiger partial charge < -0.3 is 9.80 Å². The Kier molecular flexibility index (Phi) is 3.24. The molecule has 0 aliphatic carbocycles. The van der Waals surface area contributed by atoms with Crippen LogP contribution < -0.4 is 9.80 Å². The summed E-state index contributed by atoms with van der Waals surface area (Å²) in [6.45, 7) is 0.323. The number of rotatable bonds is 3. The van der Waals surface area contributed by atoms with Crippen molar-refractivity contribution in [3.63, 3.8) is 0 Å². The minimum Gasteiger partial charge on any atom is -0.363 e. The van der Waals surface area contributed by atoms with Gasteiger partial charge >= 0.3 is 0 Å². The van der Waals surface area contributed by atoms with Gasteiger partial charge in [-0.3, -0.25) is 0 Å². The largest absolute Gasteiger partial charge is 0.363 e. The molecule has 0 fully saturated rings. The molecule has 1 rings (SSSR count). The minimum atomic E-state index is 0.323. The van der Waals surface area contributed by atoms with Crippen LogP contribution in [0.25, 0.3) is 0 Å². The molecule has 0 aromatic carbocycles. The summed E-state index contributed by atoms with van der Waals surface area (Å²) in [6.07, 6.45) is 1.50. The minimum absolute atomic E-state index is 0.323. The monoisotopic (exact) mass is 191 g/mol. The van der Waals surface area contributed by atoms with Crippen LogP contribution in [0, 0.1) is 11.3 Å². The number of nitrogens with zero attached hydrogens (tertiary/aromatic N) is 5. The maximum atomic E-state index is 8.53. The average molecular weight is 191 g/mol. The first-order chi connectivity index (χ1) is 6.65. The van der Waals surface area contributed by atoms with Crippen LogP contribution in [0.2, 0.25) is 0 Å². The van der Waals surface area contributed by atoms with Crippen LogP contribution in [0.15, 0.2) is 12.4 Å². The molecule has 14 heavy (non-hydrogen) atoms. The quantitative estimate of drug-likeness (QED) is 0.651. The zero-order chi connectivity index (χ0) is 10.6. The molecule has 0 N–H and O–H groups in total. The van der Waals surface area contributed by atoms with E-state index in [0.29, 0.717) is 6.54 Å². The highest BCUT2D eigenvalue weighted by Crippen LogP contribution is 2.13. The van der Waals surface area contributed by atoms with Gasteiger partial charge in [-0.2, -0.15) is 5.26 Å². The molecule has 0 saturated heterocycles. The molecular formula is C9H13N5. The van der Waals surface area contributed by atoms with Crippen LogP contribution >= 0.6 is 0 Å². The molecule has 1 heterocycles. The Bertz CT molecular complexity index is 341. The van der Waals surface area contributed by atoms with Crippen molar-refractivity contribution in [1.82, 2.24) is 9.97 Å². The van der Waals surface area contributed by atoms with E-state index in [1.165, 1.54) is 6.33 Å². The van der Waals surface area contributed by atoms with Gasteiger partial charge in [0.1, 0.15) is 24.5 Å². The molecule has 1 aromatic heterocycles. The lowest BCUT2D eigenvalue weighted by Crippen LogP contribution is -2.19. The van der Waals surface area contributed by atoms with Gasteiger partial charge in [-0.05, 0) is 0 Å². The van der Waals surface area contributed by atoms with Crippen molar-refractivity contribution in [3.05, 3.63) is 12.4 Å². The SMILES string of the molecule is CN(C)c1cc(N(C)CC#N)ncn1. The van der Waals surface area contributed by atoms with Gasteiger partial charge in [0.15, 0.2) is 0 Å². The third-order valence-electron chi connectivity index (χ3n) is 1.80. The Labute approximate surface area is 83.6 Å². The summed E-state index contributed by atoms with van der Waals surface area (Å²) in [4.78, 5) is 11.8. The van der Waals surface area contributed by atoms with E-state index < -0.39 is 0 Å². The summed E-state index contributed by atoms with van der Waals surface area (Å²) in [5.41, 5.74) is 0. The summed E-state index contributed by atoms with van der Waals surface area (Å²) in [5.74, 6) is 1.59. The molecule has 0 atom stereocenters. The summed E-state index contributed by atoms with van der Waals surface area (Å²) in [6, 6.07) is 3.91. The summed E-state index contributed by atoms with van der Waals surface area (Å²) >= 11 is 0. The Morgan fingerprint density at radius 2 is 1.93 bits per heavy atom. The molecule has 0 spiro atoms. The second-order valence-corrected chi connectivity index (χ2v) is 3.14. The number of hydrogen-bond donors (Lipinski definition) is 0. The lowest BCUT2D eigenvalue weighted by molar-refractivity contribution is 0.962. The predicted molar refractivity (Wildman–Crippen MR) is 55.2 cm³/mol. The Morgan fingerprint density at radius 3 is 2.50 bits per heavy atom. The van der Waals surface area contributed by atoms with Gasteiger partial charge in [0.25, 0.3) is 0 Å². The molecule has 0 radical (unpaired) electrons. The second kappa shape index (κ2) is 4.42. The van der Waals surface area contributed by atoms with Gasteiger partial charge in [0.2, 0.25) is 0 Å². The highest BCUT2D eigenvalue weighted by atomic mass is 15.2. The van der Waals surface area contributed by atoms with Gasteiger partial charge in [-0.15, -0.1) is 0 Å². The summed E-state index contributed by atoms with van der Waals surface area (Å²) < 4.78 is 0. The zero-order valence-corrected chi connectivity index (χ0v) is 8.60. The fraction of sp³-hybridized carbons (Fsp3) is 0.444. The highest BCUT2D eigenvalue weighted by molar-refractivity contribution is 5.49. The van der Waals surface area contributed by atoms with E-state index in [1.54, 1.807) is 4.90 Å². The third-order valence-corrected chi connectivity index (χ3v) is 1.80. The number of nitriles is 1. The van der Waals surface area contributed by atoms with Crippen molar-refractivity contribution in [2.75, 3.05) is 37.5 Å². The predicted octanol–water partition coefficient (Wildman–Crippen LogP) is 0.502. The molecule has 5 nitrogen and oxygen atoms in total. The van der Waals surface area contributed by atoms with Crippen molar-refractivity contribution < 1.29 is 0 Å². The Morgan fingerprint density at radius 1 is 1.29 bits per heavy atom. The van der Waals surface area contributed by atoms with Crippen LogP contribution in [0.5, 0.6) is 0 Å². The first-order valence-corrected chi connectivity index (χ1v) is 4.22. The molecule has 0 aliphatic heterocycles. The van der Waals surface area contributed by atoms with E-state index in [1.807, 2.05) is 32.1 Å². The molecule has 0 bridgehead atoms. The maximum Gasteiger partial charge on any atom is 0.134 e. The fourth-order valence-corrected chi connectivity index (χ4v) is 0.978. The number of anilines is 2. The van der Waals surface area contributed by atoms with Crippen molar-refractivity contribution in [2.45, 2.75) is 0 Å².